The Morgan fingerprint density at radius 1 is 1.43 bits per heavy atom. The van der Waals surface area contributed by atoms with E-state index < -0.39 is 22.0 Å². The van der Waals surface area contributed by atoms with Gasteiger partial charge in [-0.25, -0.2) is 0 Å². The van der Waals surface area contributed by atoms with Gasteiger partial charge in [0.25, 0.3) is 0 Å². The molecule has 0 heterocycles. The van der Waals surface area contributed by atoms with E-state index in [-0.39, 0.29) is 0 Å². The molecule has 0 saturated heterocycles. The summed E-state index contributed by atoms with van der Waals surface area (Å²) in [5.74, 6) is 0. The van der Waals surface area contributed by atoms with Crippen molar-refractivity contribution in [1.29, 1.82) is 0 Å². The summed E-state index contributed by atoms with van der Waals surface area (Å²) in [6, 6.07) is 0. The average Bonchev–Trinajstić information content (AvgIpc) is 1.69. The first-order valence-corrected chi connectivity index (χ1v) is 6.08. The van der Waals surface area contributed by atoms with E-state index in [4.69, 9.17) is 3.39 Å². The van der Waals surface area contributed by atoms with Crippen LogP contribution in [0.25, 0.3) is 0 Å². The van der Waals surface area contributed by atoms with Crippen LogP contribution in [-0.2, 0) is 0 Å². The summed E-state index contributed by atoms with van der Waals surface area (Å²) >= 11 is -0.823. The van der Waals surface area contributed by atoms with E-state index in [0.29, 0.717) is 0 Å². The standard InChI is InChI=1S/C5H11.H2O.Sb.H/c1-3-5-4-2;;;/h1,3-5H2,2H3;1H2;;/q;;+1;/p-1. The van der Waals surface area contributed by atoms with E-state index in [0.717, 1.165) is 4.37 Å². The predicted octanol–water partition coefficient (Wildman–Crippen LogP) is 0.939. The van der Waals surface area contributed by atoms with Crippen molar-refractivity contribution in [3.63, 3.8) is 0 Å². The van der Waals surface area contributed by atoms with Crippen molar-refractivity contribution in [1.82, 2.24) is 0 Å². The summed E-state index contributed by atoms with van der Waals surface area (Å²) in [6.07, 6.45) is 3.85. The summed E-state index contributed by atoms with van der Waals surface area (Å²) in [6.45, 7) is 2.18. The number of hydrogen-bond acceptors (Lipinski definition) is 1. The molecular formula is C5H13OSb. The molecule has 0 aliphatic heterocycles. The fourth-order valence-corrected chi connectivity index (χ4v) is 1.62. The Bertz CT molecular complexity index is 27.3. The van der Waals surface area contributed by atoms with E-state index in [1.54, 1.807) is 0 Å². The molecule has 0 aromatic carbocycles. The predicted molar refractivity (Wildman–Crippen MR) is 33.7 cm³/mol. The Kier molecular flexibility index (Phi) is 7.53. The monoisotopic (exact) mass is 210 g/mol. The van der Waals surface area contributed by atoms with Gasteiger partial charge >= 0.3 is 56.0 Å². The van der Waals surface area contributed by atoms with Crippen LogP contribution in [0.5, 0.6) is 0 Å². The van der Waals surface area contributed by atoms with Gasteiger partial charge in [-0.2, -0.15) is 0 Å². The zero-order chi connectivity index (χ0) is 5.54. The van der Waals surface area contributed by atoms with Gasteiger partial charge in [-0.1, -0.05) is 0 Å². The zero-order valence-electron chi connectivity index (χ0n) is 4.78. The minimum absolute atomic E-state index is 0.823. The molecule has 2 heteroatoms. The van der Waals surface area contributed by atoms with Crippen LogP contribution in [0.3, 0.4) is 0 Å². The molecule has 0 amide bonds. The fraction of sp³-hybridized carbons (Fsp3) is 1.00. The van der Waals surface area contributed by atoms with Gasteiger partial charge in [0, 0.05) is 0 Å². The zero-order valence-corrected chi connectivity index (χ0v) is 7.63. The molecule has 0 unspecified atom stereocenters. The molecule has 1 nitrogen and oxygen atoms in total. The van der Waals surface area contributed by atoms with Gasteiger partial charge < -0.3 is 0 Å². The topological polar surface area (TPSA) is 20.2 Å². The molecule has 0 saturated carbocycles. The van der Waals surface area contributed by atoms with Crippen LogP contribution in [-0.4, -0.2) is 25.4 Å². The molecule has 0 bridgehead atoms. The fourth-order valence-electron chi connectivity index (χ4n) is 0.454. The molecule has 0 aliphatic carbocycles. The van der Waals surface area contributed by atoms with Crippen molar-refractivity contribution in [3.8, 4) is 0 Å². The van der Waals surface area contributed by atoms with E-state index >= 15 is 0 Å². The Morgan fingerprint density at radius 2 is 2.14 bits per heavy atom. The van der Waals surface area contributed by atoms with Crippen LogP contribution in [0.4, 0.5) is 0 Å². The van der Waals surface area contributed by atoms with Crippen LogP contribution < -0.4 is 0 Å². The van der Waals surface area contributed by atoms with E-state index in [2.05, 4.69) is 6.92 Å². The summed E-state index contributed by atoms with van der Waals surface area (Å²) in [5, 5.41) is 0. The normalized spacial score (nSPS) is 9.43. The second-order valence-electron chi connectivity index (χ2n) is 1.62. The van der Waals surface area contributed by atoms with Crippen molar-refractivity contribution >= 4 is 22.0 Å². The van der Waals surface area contributed by atoms with Crippen molar-refractivity contribution in [3.05, 3.63) is 0 Å². The van der Waals surface area contributed by atoms with Crippen LogP contribution >= 0.6 is 0 Å². The molecule has 0 spiro atoms. The van der Waals surface area contributed by atoms with Crippen LogP contribution in [0.15, 0.2) is 0 Å². The number of unbranched alkanes of at least 4 members (excludes halogenated alkanes) is 2. The molecule has 0 aromatic heterocycles. The summed E-state index contributed by atoms with van der Waals surface area (Å²) in [4.78, 5) is 0. The first-order chi connectivity index (χ1) is 3.41. The molecule has 0 fully saturated rings. The molecule has 0 atom stereocenters. The summed E-state index contributed by atoms with van der Waals surface area (Å²) < 4.78 is 9.61. The molecule has 0 rings (SSSR count). The van der Waals surface area contributed by atoms with Crippen molar-refractivity contribution in [2.75, 3.05) is 0 Å². The van der Waals surface area contributed by atoms with Gasteiger partial charge in [-0.05, 0) is 0 Å². The van der Waals surface area contributed by atoms with Gasteiger partial charge in [0.2, 0.25) is 0 Å². The van der Waals surface area contributed by atoms with Gasteiger partial charge in [-0.15, -0.1) is 0 Å². The molecule has 0 aromatic rings. The average molecular weight is 211 g/mol. The third kappa shape index (κ3) is 6.78. The third-order valence-corrected chi connectivity index (χ3v) is 2.54. The molecule has 0 aliphatic rings. The minimum atomic E-state index is -0.823. The van der Waals surface area contributed by atoms with Crippen LogP contribution in [0.2, 0.25) is 4.37 Å². The summed E-state index contributed by atoms with van der Waals surface area (Å²) in [5.41, 5.74) is 0. The molecule has 44 valence electrons. The first kappa shape index (κ1) is 7.78. The maximum absolute atomic E-state index is 8.46. The second kappa shape index (κ2) is 6.78. The summed E-state index contributed by atoms with van der Waals surface area (Å²) in [7, 11) is 0. The van der Waals surface area contributed by atoms with E-state index in [9.17, 15) is 0 Å². The van der Waals surface area contributed by atoms with Crippen LogP contribution in [0.1, 0.15) is 26.2 Å². The van der Waals surface area contributed by atoms with E-state index in [1.807, 2.05) is 0 Å². The molecule has 0 radical (unpaired) electrons. The molecular weight excluding hydrogens is 198 g/mol. The Hall–Kier alpha value is 0.778. The first-order valence-electron chi connectivity index (χ1n) is 2.78. The number of hydrogen-bond donors (Lipinski definition) is 1. The SMILES string of the molecule is CCCC[CH2][SbH][OH]. The Morgan fingerprint density at radius 3 is 2.57 bits per heavy atom. The van der Waals surface area contributed by atoms with E-state index in [1.165, 1.54) is 19.3 Å². The molecule has 1 N–H and O–H groups in total. The van der Waals surface area contributed by atoms with Gasteiger partial charge in [0.05, 0.1) is 0 Å². The quantitative estimate of drug-likeness (QED) is 0.541. The van der Waals surface area contributed by atoms with Crippen molar-refractivity contribution < 1.29 is 3.39 Å². The third-order valence-electron chi connectivity index (χ3n) is 0.892. The van der Waals surface area contributed by atoms with Crippen molar-refractivity contribution in [2.45, 2.75) is 30.6 Å². The van der Waals surface area contributed by atoms with Crippen molar-refractivity contribution in [2.24, 2.45) is 0 Å². The van der Waals surface area contributed by atoms with Gasteiger partial charge in [0.15, 0.2) is 0 Å². The maximum atomic E-state index is 8.46. The van der Waals surface area contributed by atoms with Crippen LogP contribution in [0, 0.1) is 0 Å². The Balaban J connectivity index is 2.45. The second-order valence-corrected chi connectivity index (χ2v) is 3.94. The molecule has 7 heavy (non-hydrogen) atoms. The van der Waals surface area contributed by atoms with Gasteiger partial charge in [-0.3, -0.25) is 0 Å². The van der Waals surface area contributed by atoms with Gasteiger partial charge in [0.1, 0.15) is 0 Å². The Labute approximate surface area is 56.2 Å². The number of rotatable bonds is 4.